The highest BCUT2D eigenvalue weighted by molar-refractivity contribution is 14.1. The van der Waals surface area contributed by atoms with E-state index in [0.29, 0.717) is 40.6 Å². The van der Waals surface area contributed by atoms with E-state index in [1.165, 1.54) is 0 Å². The van der Waals surface area contributed by atoms with E-state index in [0.717, 1.165) is 9.13 Å². The van der Waals surface area contributed by atoms with Crippen molar-refractivity contribution in [3.8, 4) is 11.5 Å². The summed E-state index contributed by atoms with van der Waals surface area (Å²) in [5, 5.41) is 5.15. The molecule has 0 atom stereocenters. The van der Waals surface area contributed by atoms with Crippen LogP contribution in [0, 0.1) is 16.6 Å². The summed E-state index contributed by atoms with van der Waals surface area (Å²) >= 11 is 2.19. The molecule has 0 radical (unpaired) electrons. The van der Waals surface area contributed by atoms with Gasteiger partial charge in [0.1, 0.15) is 0 Å². The number of primary sulfonamides is 1. The van der Waals surface area contributed by atoms with Gasteiger partial charge in [0.2, 0.25) is 22.6 Å². The molecule has 3 N–H and O–H groups in total. The Hall–Kier alpha value is -2.06. The lowest BCUT2D eigenvalue weighted by molar-refractivity contribution is -0.675. The Bertz CT molecular complexity index is 1200. The summed E-state index contributed by atoms with van der Waals surface area (Å²) in [5.74, 6) is 1.67. The number of hydrogen-bond donors (Lipinski definition) is 2. The average Bonchev–Trinajstić information content (AvgIpc) is 3.17. The molecule has 1 aliphatic rings. The molecular weight excluding hydrogens is 504 g/mol. The number of aromatic amines is 1. The van der Waals surface area contributed by atoms with Crippen molar-refractivity contribution >= 4 is 43.8 Å². The zero-order chi connectivity index (χ0) is 20.1. The van der Waals surface area contributed by atoms with Crippen molar-refractivity contribution in [2.24, 2.45) is 5.14 Å². The number of nitrogens with one attached hydrogen (secondary N) is 1. The Morgan fingerprint density at radius 1 is 1.32 bits per heavy atom. The van der Waals surface area contributed by atoms with Gasteiger partial charge < -0.3 is 9.47 Å². The Morgan fingerprint density at radius 2 is 2.04 bits per heavy atom. The van der Waals surface area contributed by atoms with Crippen molar-refractivity contribution in [3.63, 3.8) is 0 Å². The number of fused-ring (bicyclic) bond motifs is 2. The molecule has 0 spiro atoms. The van der Waals surface area contributed by atoms with Gasteiger partial charge in [-0.3, -0.25) is 4.98 Å². The minimum Gasteiger partial charge on any atom is -0.454 e. The Balaban J connectivity index is 1.80. The van der Waals surface area contributed by atoms with Gasteiger partial charge in [0.25, 0.3) is 0 Å². The predicted octanol–water partition coefficient (Wildman–Crippen LogP) is 0.906. The van der Waals surface area contributed by atoms with Crippen molar-refractivity contribution in [2.75, 3.05) is 12.5 Å². The number of ether oxygens (including phenoxy) is 2. The number of aryl methyl sites for hydroxylation is 2. The zero-order valence-electron chi connectivity index (χ0n) is 14.7. The number of hydrogen-bond acceptors (Lipinski definition) is 6. The molecule has 4 rings (SSSR count). The van der Waals surface area contributed by atoms with Crippen LogP contribution in [0.15, 0.2) is 12.1 Å². The highest BCUT2D eigenvalue weighted by Crippen LogP contribution is 2.36. The predicted molar refractivity (Wildman–Crippen MR) is 105 cm³/mol. The molecule has 0 saturated carbocycles. The SMILES string of the molecule is Cc1nc(F)nc2c1[nH]c(Cc1cc3c(cc1I)OCO3)[n+]2CCS(N)(=O)=O. The molecule has 12 heteroatoms. The number of H-pyrrole nitrogens is 1. The fourth-order valence-electron chi connectivity index (χ4n) is 3.08. The van der Waals surface area contributed by atoms with Crippen molar-refractivity contribution in [2.45, 2.75) is 19.9 Å². The van der Waals surface area contributed by atoms with Crippen LogP contribution < -0.4 is 19.2 Å². The Kier molecular flexibility index (Phi) is 4.87. The van der Waals surface area contributed by atoms with E-state index in [4.69, 9.17) is 14.6 Å². The molecule has 0 aliphatic carbocycles. The minimum atomic E-state index is -3.70. The van der Waals surface area contributed by atoms with Crippen LogP contribution in [0.5, 0.6) is 11.5 Å². The Labute approximate surface area is 173 Å². The third-order valence-electron chi connectivity index (χ3n) is 4.39. The molecular formula is C16H16FIN5O4S+. The molecule has 9 nitrogen and oxygen atoms in total. The number of imidazole rings is 1. The van der Waals surface area contributed by atoms with Crippen molar-refractivity contribution in [1.82, 2.24) is 15.0 Å². The smallest absolute Gasteiger partial charge is 0.384 e. The van der Waals surface area contributed by atoms with E-state index in [2.05, 4.69) is 37.5 Å². The maximum absolute atomic E-state index is 13.8. The number of rotatable bonds is 5. The first kappa shape index (κ1) is 19.3. The van der Waals surface area contributed by atoms with Crippen LogP contribution in [0.25, 0.3) is 11.2 Å². The summed E-state index contributed by atoms with van der Waals surface area (Å²) in [4.78, 5) is 10.8. The maximum atomic E-state index is 13.8. The van der Waals surface area contributed by atoms with Gasteiger partial charge in [0.05, 0.1) is 24.4 Å². The highest BCUT2D eigenvalue weighted by Gasteiger charge is 2.25. The fourth-order valence-corrected chi connectivity index (χ4v) is 4.15. The third kappa shape index (κ3) is 3.75. The first-order chi connectivity index (χ1) is 13.2. The van der Waals surface area contributed by atoms with Crippen LogP contribution in [-0.2, 0) is 23.0 Å². The van der Waals surface area contributed by atoms with Crippen LogP contribution in [0.2, 0.25) is 0 Å². The van der Waals surface area contributed by atoms with Crippen molar-refractivity contribution in [3.05, 3.63) is 38.9 Å². The molecule has 3 heterocycles. The number of nitrogens with two attached hydrogens (primary N) is 1. The van der Waals surface area contributed by atoms with Gasteiger partial charge in [-0.05, 0) is 52.2 Å². The molecule has 0 fully saturated rings. The molecule has 0 amide bonds. The molecule has 28 heavy (non-hydrogen) atoms. The summed E-state index contributed by atoms with van der Waals surface area (Å²) in [7, 11) is -3.70. The standard InChI is InChI=1S/C16H15FIN5O4S/c1-8-14-15(22-16(17)20-8)23(2-3-28(19,24)25)13(21-14)5-9-4-11-12(6-10(9)18)27-7-26-11/h4,6H,2-3,5,7H2,1H3,(H2,19,24,25)/p+1. The first-order valence-corrected chi connectivity index (χ1v) is 11.0. The number of sulfonamides is 1. The summed E-state index contributed by atoms with van der Waals surface area (Å²) in [6.45, 7) is 1.86. The zero-order valence-corrected chi connectivity index (χ0v) is 17.7. The number of benzene rings is 1. The van der Waals surface area contributed by atoms with Crippen LogP contribution >= 0.6 is 22.6 Å². The molecule has 0 unspecified atom stereocenters. The van der Waals surface area contributed by atoms with Gasteiger partial charge >= 0.3 is 11.7 Å². The number of halogens is 2. The second kappa shape index (κ2) is 7.08. The van der Waals surface area contributed by atoms with E-state index in [1.54, 1.807) is 11.5 Å². The lowest BCUT2D eigenvalue weighted by Gasteiger charge is -2.06. The van der Waals surface area contributed by atoms with E-state index in [1.807, 2.05) is 12.1 Å². The summed E-state index contributed by atoms with van der Waals surface area (Å²) < 4.78 is 50.1. The van der Waals surface area contributed by atoms with Crippen LogP contribution in [-0.4, -0.2) is 35.9 Å². The second-order valence-corrected chi connectivity index (χ2v) is 9.24. The van der Waals surface area contributed by atoms with Gasteiger partial charge in [-0.2, -0.15) is 4.98 Å². The van der Waals surface area contributed by atoms with Crippen LogP contribution in [0.3, 0.4) is 0 Å². The fraction of sp³-hybridized carbons (Fsp3) is 0.312. The molecule has 148 valence electrons. The van der Waals surface area contributed by atoms with E-state index >= 15 is 0 Å². The lowest BCUT2D eigenvalue weighted by atomic mass is 10.1. The largest absolute Gasteiger partial charge is 0.454 e. The quantitative estimate of drug-likeness (QED) is 0.293. The van der Waals surface area contributed by atoms with E-state index in [-0.39, 0.29) is 19.1 Å². The maximum Gasteiger partial charge on any atom is 0.384 e. The summed E-state index contributed by atoms with van der Waals surface area (Å²) in [6.07, 6.45) is -0.464. The third-order valence-corrected chi connectivity index (χ3v) is 6.15. The van der Waals surface area contributed by atoms with E-state index in [9.17, 15) is 12.8 Å². The molecule has 2 aromatic heterocycles. The van der Waals surface area contributed by atoms with Gasteiger partial charge in [-0.1, -0.05) is 0 Å². The second-order valence-electron chi connectivity index (χ2n) is 6.34. The van der Waals surface area contributed by atoms with Crippen molar-refractivity contribution < 1.29 is 26.8 Å². The topological polar surface area (TPSA) is 124 Å². The summed E-state index contributed by atoms with van der Waals surface area (Å²) in [5.41, 5.74) is 2.20. The van der Waals surface area contributed by atoms with Gasteiger partial charge in [-0.15, -0.1) is 4.39 Å². The first-order valence-electron chi connectivity index (χ1n) is 8.24. The number of aromatic nitrogens is 4. The van der Waals surface area contributed by atoms with Crippen molar-refractivity contribution in [1.29, 1.82) is 0 Å². The van der Waals surface area contributed by atoms with Gasteiger partial charge in [0.15, 0.2) is 17.0 Å². The van der Waals surface area contributed by atoms with Gasteiger partial charge in [0, 0.05) is 3.57 Å². The summed E-state index contributed by atoms with van der Waals surface area (Å²) in [6, 6.07) is 3.75. The normalized spacial score (nSPS) is 13.4. The lowest BCUT2D eigenvalue weighted by Crippen LogP contribution is -2.42. The average molecular weight is 520 g/mol. The Morgan fingerprint density at radius 3 is 2.75 bits per heavy atom. The minimum absolute atomic E-state index is 0.0329. The molecule has 0 saturated heterocycles. The van der Waals surface area contributed by atoms with E-state index < -0.39 is 16.1 Å². The molecule has 0 bridgehead atoms. The molecule has 1 aromatic carbocycles. The van der Waals surface area contributed by atoms with Gasteiger partial charge in [-0.25, -0.2) is 18.1 Å². The monoisotopic (exact) mass is 520 g/mol. The van der Waals surface area contributed by atoms with Crippen LogP contribution in [0.4, 0.5) is 4.39 Å². The molecule has 1 aliphatic heterocycles. The number of nitrogens with zero attached hydrogens (tertiary/aromatic N) is 3. The molecule has 3 aromatic rings. The highest BCUT2D eigenvalue weighted by atomic mass is 127. The van der Waals surface area contributed by atoms with Crippen LogP contribution in [0.1, 0.15) is 17.1 Å².